The number of alkyl halides is 2. The molecule has 42 heavy (non-hydrogen) atoms. The van der Waals surface area contributed by atoms with E-state index in [1.54, 1.807) is 35.5 Å². The third kappa shape index (κ3) is 3.86. The molecule has 1 amide bonds. The second-order valence-corrected chi connectivity index (χ2v) is 11.2. The van der Waals surface area contributed by atoms with Crippen molar-refractivity contribution in [1.29, 1.82) is 0 Å². The molecule has 3 aliphatic rings. The number of amides is 1. The third-order valence-corrected chi connectivity index (χ3v) is 8.43. The van der Waals surface area contributed by atoms with Gasteiger partial charge >= 0.3 is 5.69 Å². The molecule has 216 valence electrons. The molecule has 2 unspecified atom stereocenters. The maximum atomic E-state index is 13.6. The lowest BCUT2D eigenvalue weighted by Gasteiger charge is -2.19. The van der Waals surface area contributed by atoms with Gasteiger partial charge in [0.15, 0.2) is 11.2 Å². The first-order valence-electron chi connectivity index (χ1n) is 13.4. The highest BCUT2D eigenvalue weighted by Crippen LogP contribution is 2.59. The number of pyridine rings is 1. The van der Waals surface area contributed by atoms with Gasteiger partial charge in [0.05, 0.1) is 30.4 Å². The molecule has 15 heteroatoms. The summed E-state index contributed by atoms with van der Waals surface area (Å²) in [6.07, 6.45) is 5.35. The maximum absolute atomic E-state index is 13.6. The number of hydrogen-bond acceptors (Lipinski definition) is 9. The van der Waals surface area contributed by atoms with Gasteiger partial charge in [-0.1, -0.05) is 6.07 Å². The minimum absolute atomic E-state index is 0.0592. The maximum Gasteiger partial charge on any atom is 0.332 e. The molecule has 1 N–H and O–H groups in total. The summed E-state index contributed by atoms with van der Waals surface area (Å²) in [5.74, 6) is -3.97. The summed E-state index contributed by atoms with van der Waals surface area (Å²) >= 11 is 0. The second kappa shape index (κ2) is 8.84. The summed E-state index contributed by atoms with van der Waals surface area (Å²) in [5, 5.41) is 2.82. The van der Waals surface area contributed by atoms with E-state index in [-0.39, 0.29) is 42.4 Å². The van der Waals surface area contributed by atoms with Crippen LogP contribution in [0.15, 0.2) is 46.5 Å². The van der Waals surface area contributed by atoms with Gasteiger partial charge in [-0.15, -0.1) is 0 Å². The minimum Gasteiger partial charge on any atom is -0.340 e. The van der Waals surface area contributed by atoms with E-state index in [9.17, 15) is 28.0 Å². The molecule has 0 spiro atoms. The Bertz CT molecular complexity index is 1900. The number of aromatic nitrogens is 7. The Labute approximate surface area is 235 Å². The Balaban J connectivity index is 1.13. The van der Waals surface area contributed by atoms with Gasteiger partial charge in [-0.3, -0.25) is 23.5 Å². The summed E-state index contributed by atoms with van der Waals surface area (Å²) in [4.78, 5) is 70.4. The average Bonchev–Trinajstić information content (AvgIpc) is 3.66. The Morgan fingerprint density at radius 2 is 1.76 bits per heavy atom. The highest BCUT2D eigenvalue weighted by atomic mass is 19.3. The van der Waals surface area contributed by atoms with E-state index in [0.717, 1.165) is 4.57 Å². The molecule has 1 aliphatic heterocycles. The fraction of sp³-hybridized carbons (Fsp3) is 0.407. The molecule has 4 aromatic rings. The number of Topliss-reactive ketones (excluding diaryl/α,β-unsaturated/α-hetero) is 1. The lowest BCUT2D eigenvalue weighted by molar-refractivity contribution is -0.120. The summed E-state index contributed by atoms with van der Waals surface area (Å²) in [6, 6.07) is 5.07. The zero-order chi connectivity index (χ0) is 29.6. The van der Waals surface area contributed by atoms with Gasteiger partial charge in [-0.2, -0.15) is 0 Å². The highest BCUT2D eigenvalue weighted by molar-refractivity contribution is 5.99. The second-order valence-electron chi connectivity index (χ2n) is 11.2. The monoisotopic (exact) mass is 577 g/mol. The standard InChI is InChI=1S/C27H25F2N9O4/c1-14(39)10-37-22(40)20-21(35(2)25(37)42)32-13-38(20)26(6-7-26)23(41)34-19-5-3-4-18(33-19)15-8-30-24(31-9-15)36-11-16-17(12-36)27(16,28)29/h3-5,8-9,13,16-17H,6-7,10-12H2,1-2H3,(H,33,34,41). The predicted molar refractivity (Wildman–Crippen MR) is 145 cm³/mol. The number of ketones is 1. The zero-order valence-corrected chi connectivity index (χ0v) is 22.6. The van der Waals surface area contributed by atoms with Crippen LogP contribution in [0.3, 0.4) is 0 Å². The number of carbonyl (C=O) groups excluding carboxylic acids is 2. The smallest absolute Gasteiger partial charge is 0.332 e. The van der Waals surface area contributed by atoms with E-state index < -0.39 is 40.5 Å². The van der Waals surface area contributed by atoms with Crippen LogP contribution >= 0.6 is 0 Å². The molecule has 3 fully saturated rings. The van der Waals surface area contributed by atoms with Gasteiger partial charge in [0.2, 0.25) is 5.95 Å². The van der Waals surface area contributed by atoms with Gasteiger partial charge in [0.25, 0.3) is 17.4 Å². The van der Waals surface area contributed by atoms with E-state index in [1.165, 1.54) is 29.4 Å². The zero-order valence-electron chi connectivity index (χ0n) is 22.6. The van der Waals surface area contributed by atoms with Crippen LogP contribution in [0.4, 0.5) is 20.5 Å². The molecule has 13 nitrogen and oxygen atoms in total. The first kappa shape index (κ1) is 26.1. The number of nitrogens with one attached hydrogen (secondary N) is 1. The number of anilines is 2. The van der Waals surface area contributed by atoms with Crippen LogP contribution in [0.2, 0.25) is 0 Å². The minimum atomic E-state index is -2.58. The van der Waals surface area contributed by atoms with Crippen molar-refractivity contribution >= 4 is 34.6 Å². The van der Waals surface area contributed by atoms with Crippen LogP contribution in [0, 0.1) is 11.8 Å². The number of piperidine rings is 1. The molecule has 4 aromatic heterocycles. The number of aryl methyl sites for hydroxylation is 1. The summed E-state index contributed by atoms with van der Waals surface area (Å²) in [6.45, 7) is 1.35. The fourth-order valence-electron chi connectivity index (χ4n) is 5.84. The van der Waals surface area contributed by atoms with Crippen LogP contribution in [-0.2, 0) is 28.7 Å². The van der Waals surface area contributed by atoms with E-state index >= 15 is 0 Å². The third-order valence-electron chi connectivity index (χ3n) is 8.43. The number of rotatable bonds is 7. The van der Waals surface area contributed by atoms with Crippen molar-refractivity contribution < 1.29 is 18.4 Å². The van der Waals surface area contributed by atoms with Crippen molar-refractivity contribution in [3.63, 3.8) is 0 Å². The topological polar surface area (TPSA) is 150 Å². The van der Waals surface area contributed by atoms with Gasteiger partial charge < -0.3 is 14.8 Å². The normalized spacial score (nSPS) is 21.3. The van der Waals surface area contributed by atoms with E-state index in [0.29, 0.717) is 30.0 Å². The van der Waals surface area contributed by atoms with E-state index in [1.807, 2.05) is 0 Å². The summed E-state index contributed by atoms with van der Waals surface area (Å²) in [5.41, 5.74) is -1.22. The molecule has 1 saturated heterocycles. The first-order valence-corrected chi connectivity index (χ1v) is 13.4. The van der Waals surface area contributed by atoms with E-state index in [4.69, 9.17) is 0 Å². The Morgan fingerprint density at radius 3 is 2.40 bits per heavy atom. The summed E-state index contributed by atoms with van der Waals surface area (Å²) in [7, 11) is 1.45. The lowest BCUT2D eigenvalue weighted by Crippen LogP contribution is -2.42. The van der Waals surface area contributed by atoms with Crippen molar-refractivity contribution in [2.45, 2.75) is 37.8 Å². The summed E-state index contributed by atoms with van der Waals surface area (Å²) < 4.78 is 30.6. The van der Waals surface area contributed by atoms with Crippen molar-refractivity contribution in [2.75, 3.05) is 23.3 Å². The Hall–Kier alpha value is -4.82. The molecular formula is C27H25F2N9O4. The fourth-order valence-corrected chi connectivity index (χ4v) is 5.84. The van der Waals surface area contributed by atoms with Crippen LogP contribution in [0.5, 0.6) is 0 Å². The number of halogens is 2. The predicted octanol–water partition coefficient (Wildman–Crippen LogP) is 1.17. The molecule has 2 aliphatic carbocycles. The number of fused-ring (bicyclic) bond motifs is 2. The molecule has 0 radical (unpaired) electrons. The molecule has 0 aromatic carbocycles. The Kier molecular flexibility index (Phi) is 5.49. The van der Waals surface area contributed by atoms with Gasteiger partial charge in [-0.25, -0.2) is 33.5 Å². The Morgan fingerprint density at radius 1 is 1.07 bits per heavy atom. The molecule has 2 saturated carbocycles. The van der Waals surface area contributed by atoms with Crippen LogP contribution in [0.1, 0.15) is 19.8 Å². The van der Waals surface area contributed by atoms with Crippen LogP contribution < -0.4 is 21.5 Å². The van der Waals surface area contributed by atoms with Gasteiger partial charge in [0, 0.05) is 38.1 Å². The lowest BCUT2D eigenvalue weighted by atomic mass is 10.2. The van der Waals surface area contributed by atoms with Gasteiger partial charge in [-0.05, 0) is 31.9 Å². The number of imidazole rings is 1. The molecule has 2 atom stereocenters. The van der Waals surface area contributed by atoms with Gasteiger partial charge in [0.1, 0.15) is 17.1 Å². The molecule has 5 heterocycles. The molecule has 0 bridgehead atoms. The van der Waals surface area contributed by atoms with Crippen molar-refractivity contribution in [1.82, 2.24) is 33.6 Å². The van der Waals surface area contributed by atoms with Crippen molar-refractivity contribution in [3.8, 4) is 11.3 Å². The quantitative estimate of drug-likeness (QED) is 0.341. The van der Waals surface area contributed by atoms with Crippen LogP contribution in [0.25, 0.3) is 22.4 Å². The number of nitrogens with zero attached hydrogens (tertiary/aromatic N) is 8. The van der Waals surface area contributed by atoms with Crippen molar-refractivity contribution in [2.24, 2.45) is 18.9 Å². The molecular weight excluding hydrogens is 552 g/mol. The van der Waals surface area contributed by atoms with E-state index in [2.05, 4.69) is 25.3 Å². The average molecular weight is 578 g/mol. The number of hydrogen-bond donors (Lipinski definition) is 1. The van der Waals surface area contributed by atoms with Crippen molar-refractivity contribution in [3.05, 3.63) is 57.8 Å². The van der Waals surface area contributed by atoms with Crippen LogP contribution in [-0.4, -0.2) is 64.3 Å². The largest absolute Gasteiger partial charge is 0.340 e. The first-order chi connectivity index (χ1) is 20.0. The SMILES string of the molecule is CC(=O)Cn1c(=O)c2c(ncn2C2(C(=O)Nc3cccc(-c4cnc(N5CC6C(C5)C6(F)F)nc4)n3)CC2)n(C)c1=O. The highest BCUT2D eigenvalue weighted by Gasteiger charge is 2.72. The molecule has 7 rings (SSSR count). The number of carbonyl (C=O) groups is 2.